The standard InChI is InChI=1S/C22H17N3O4S2/c1-15-7-10-18(11-8-15)31(28,29)24-20-12-9-17(25(26)27)13-19(20)22-23-21(14-30-22)16-5-3-2-4-6-16/h2-14,24H,1H3. The van der Waals surface area contributed by atoms with Gasteiger partial charge >= 0.3 is 0 Å². The van der Waals surface area contributed by atoms with Crippen LogP contribution < -0.4 is 4.72 Å². The summed E-state index contributed by atoms with van der Waals surface area (Å²) in [6, 6.07) is 19.9. The smallest absolute Gasteiger partial charge is 0.270 e. The molecule has 0 saturated carbocycles. The predicted octanol–water partition coefficient (Wildman–Crippen LogP) is 5.49. The van der Waals surface area contributed by atoms with E-state index in [-0.39, 0.29) is 16.3 Å². The van der Waals surface area contributed by atoms with E-state index in [4.69, 9.17) is 0 Å². The molecule has 1 heterocycles. The van der Waals surface area contributed by atoms with Gasteiger partial charge in [0, 0.05) is 28.6 Å². The zero-order chi connectivity index (χ0) is 22.0. The second-order valence-electron chi connectivity index (χ2n) is 6.81. The Bertz CT molecular complexity index is 1350. The van der Waals surface area contributed by atoms with Gasteiger partial charge in [-0.15, -0.1) is 11.3 Å². The van der Waals surface area contributed by atoms with Crippen LogP contribution in [0, 0.1) is 17.0 Å². The molecule has 0 radical (unpaired) electrons. The van der Waals surface area contributed by atoms with Crippen molar-refractivity contribution < 1.29 is 13.3 Å². The summed E-state index contributed by atoms with van der Waals surface area (Å²) in [6.07, 6.45) is 0. The third kappa shape index (κ3) is 4.47. The molecule has 4 rings (SSSR count). The van der Waals surface area contributed by atoms with Gasteiger partial charge < -0.3 is 0 Å². The van der Waals surface area contributed by atoms with Crippen LogP contribution in [0.25, 0.3) is 21.8 Å². The number of non-ortho nitro benzene ring substituents is 1. The third-order valence-corrected chi connectivity index (χ3v) is 6.85. The first-order valence-corrected chi connectivity index (χ1v) is 11.6. The first kappa shape index (κ1) is 20.7. The highest BCUT2D eigenvalue weighted by Gasteiger charge is 2.21. The van der Waals surface area contributed by atoms with E-state index in [2.05, 4.69) is 9.71 Å². The number of aromatic nitrogens is 1. The van der Waals surface area contributed by atoms with Gasteiger partial charge in [0.25, 0.3) is 15.7 Å². The summed E-state index contributed by atoms with van der Waals surface area (Å²) < 4.78 is 28.3. The van der Waals surface area contributed by atoms with E-state index in [9.17, 15) is 18.5 Å². The summed E-state index contributed by atoms with van der Waals surface area (Å²) in [5.74, 6) is 0. The number of nitrogens with zero attached hydrogens (tertiary/aromatic N) is 2. The van der Waals surface area contributed by atoms with Gasteiger partial charge in [-0.05, 0) is 25.1 Å². The number of aryl methyl sites for hydroxylation is 1. The van der Waals surface area contributed by atoms with Crippen LogP contribution >= 0.6 is 11.3 Å². The molecule has 0 bridgehead atoms. The number of hydrogen-bond donors (Lipinski definition) is 1. The maximum atomic E-state index is 12.9. The molecule has 9 heteroatoms. The predicted molar refractivity (Wildman–Crippen MR) is 122 cm³/mol. The molecule has 4 aromatic rings. The fourth-order valence-electron chi connectivity index (χ4n) is 2.97. The highest BCUT2D eigenvalue weighted by molar-refractivity contribution is 7.92. The van der Waals surface area contributed by atoms with Gasteiger partial charge in [0.1, 0.15) is 5.01 Å². The SMILES string of the molecule is Cc1ccc(S(=O)(=O)Nc2ccc([N+](=O)[O-])cc2-c2nc(-c3ccccc3)cs2)cc1. The molecule has 0 saturated heterocycles. The number of benzene rings is 3. The number of hydrogen-bond acceptors (Lipinski definition) is 6. The number of anilines is 1. The maximum absolute atomic E-state index is 12.9. The fraction of sp³-hybridized carbons (Fsp3) is 0.0455. The Hall–Kier alpha value is -3.56. The fourth-order valence-corrected chi connectivity index (χ4v) is 4.91. The van der Waals surface area contributed by atoms with Crippen molar-refractivity contribution in [1.82, 2.24) is 4.98 Å². The zero-order valence-electron chi connectivity index (χ0n) is 16.3. The van der Waals surface area contributed by atoms with Gasteiger partial charge in [0.05, 0.1) is 21.2 Å². The van der Waals surface area contributed by atoms with Gasteiger partial charge in [0.15, 0.2) is 0 Å². The molecule has 3 aromatic carbocycles. The summed E-state index contributed by atoms with van der Waals surface area (Å²) in [5.41, 5.74) is 2.96. The maximum Gasteiger partial charge on any atom is 0.270 e. The van der Waals surface area contributed by atoms with Crippen LogP contribution in [-0.4, -0.2) is 18.3 Å². The van der Waals surface area contributed by atoms with Crippen molar-refractivity contribution in [3.63, 3.8) is 0 Å². The van der Waals surface area contributed by atoms with Gasteiger partial charge in [-0.1, -0.05) is 48.0 Å². The van der Waals surface area contributed by atoms with Crippen LogP contribution in [0.5, 0.6) is 0 Å². The Kier molecular flexibility index (Phi) is 5.53. The molecular formula is C22H17N3O4S2. The third-order valence-electron chi connectivity index (χ3n) is 4.59. The van der Waals surface area contributed by atoms with Crippen LogP contribution in [0.3, 0.4) is 0 Å². The molecule has 0 spiro atoms. The number of nitrogens with one attached hydrogen (secondary N) is 1. The van der Waals surface area contributed by atoms with Gasteiger partial charge in [-0.3, -0.25) is 14.8 Å². The molecule has 31 heavy (non-hydrogen) atoms. The highest BCUT2D eigenvalue weighted by atomic mass is 32.2. The summed E-state index contributed by atoms with van der Waals surface area (Å²) in [5, 5.41) is 13.6. The number of sulfonamides is 1. The van der Waals surface area contributed by atoms with Gasteiger partial charge in [-0.25, -0.2) is 13.4 Å². The zero-order valence-corrected chi connectivity index (χ0v) is 18.0. The lowest BCUT2D eigenvalue weighted by molar-refractivity contribution is -0.384. The van der Waals surface area contributed by atoms with Crippen LogP contribution in [0.2, 0.25) is 0 Å². The molecule has 1 aromatic heterocycles. The summed E-state index contributed by atoms with van der Waals surface area (Å²) in [6.45, 7) is 1.87. The van der Waals surface area contributed by atoms with Crippen molar-refractivity contribution in [1.29, 1.82) is 0 Å². The highest BCUT2D eigenvalue weighted by Crippen LogP contribution is 2.36. The molecule has 0 amide bonds. The van der Waals surface area contributed by atoms with Crippen molar-refractivity contribution in [2.45, 2.75) is 11.8 Å². The molecular weight excluding hydrogens is 434 g/mol. The first-order valence-electron chi connectivity index (χ1n) is 9.23. The van der Waals surface area contributed by atoms with E-state index in [1.54, 1.807) is 12.1 Å². The monoisotopic (exact) mass is 451 g/mol. The first-order chi connectivity index (χ1) is 14.8. The molecule has 1 N–H and O–H groups in total. The van der Waals surface area contributed by atoms with Gasteiger partial charge in [0.2, 0.25) is 0 Å². The molecule has 7 nitrogen and oxygen atoms in total. The molecule has 0 aliphatic heterocycles. The quantitative estimate of drug-likeness (QED) is 0.308. The minimum Gasteiger partial charge on any atom is -0.279 e. The Labute approximate surface area is 183 Å². The molecule has 0 aliphatic carbocycles. The number of thiazole rings is 1. The lowest BCUT2D eigenvalue weighted by atomic mass is 10.1. The molecule has 0 fully saturated rings. The average Bonchev–Trinajstić information content (AvgIpc) is 3.25. The number of nitro benzene ring substituents is 1. The van der Waals surface area contributed by atoms with Crippen molar-refractivity contribution >= 4 is 32.7 Å². The van der Waals surface area contributed by atoms with E-state index < -0.39 is 14.9 Å². The largest absolute Gasteiger partial charge is 0.279 e. The minimum atomic E-state index is -3.88. The molecule has 0 atom stereocenters. The molecule has 0 unspecified atom stereocenters. The normalized spacial score (nSPS) is 11.3. The van der Waals surface area contributed by atoms with Crippen LogP contribution in [0.1, 0.15) is 5.56 Å². The topological polar surface area (TPSA) is 102 Å². The van der Waals surface area contributed by atoms with Crippen molar-refractivity contribution in [2.24, 2.45) is 0 Å². The Morgan fingerprint density at radius 2 is 1.71 bits per heavy atom. The number of nitro groups is 1. The minimum absolute atomic E-state index is 0.103. The van der Waals surface area contributed by atoms with Crippen LogP contribution in [0.15, 0.2) is 83.1 Å². The Balaban J connectivity index is 1.77. The van der Waals surface area contributed by atoms with Crippen LogP contribution in [-0.2, 0) is 10.0 Å². The van der Waals surface area contributed by atoms with Gasteiger partial charge in [-0.2, -0.15) is 0 Å². The summed E-state index contributed by atoms with van der Waals surface area (Å²) in [7, 11) is -3.88. The lowest BCUT2D eigenvalue weighted by Gasteiger charge is -2.12. The van der Waals surface area contributed by atoms with E-state index in [0.29, 0.717) is 16.3 Å². The Morgan fingerprint density at radius 1 is 1.00 bits per heavy atom. The molecule has 156 valence electrons. The van der Waals surface area contributed by atoms with Crippen molar-refractivity contribution in [2.75, 3.05) is 4.72 Å². The van der Waals surface area contributed by atoms with E-state index in [1.807, 2.05) is 42.6 Å². The van der Waals surface area contributed by atoms with Crippen molar-refractivity contribution in [3.05, 3.63) is 93.9 Å². The summed E-state index contributed by atoms with van der Waals surface area (Å²) in [4.78, 5) is 15.5. The second-order valence-corrected chi connectivity index (χ2v) is 9.35. The van der Waals surface area contributed by atoms with E-state index in [1.165, 1.54) is 41.7 Å². The van der Waals surface area contributed by atoms with E-state index >= 15 is 0 Å². The average molecular weight is 452 g/mol. The van der Waals surface area contributed by atoms with Crippen LogP contribution in [0.4, 0.5) is 11.4 Å². The number of rotatable bonds is 6. The Morgan fingerprint density at radius 3 is 2.39 bits per heavy atom. The van der Waals surface area contributed by atoms with E-state index in [0.717, 1.165) is 11.1 Å². The second kappa shape index (κ2) is 8.29. The molecule has 0 aliphatic rings. The summed E-state index contributed by atoms with van der Waals surface area (Å²) >= 11 is 1.29. The lowest BCUT2D eigenvalue weighted by Crippen LogP contribution is -2.13. The van der Waals surface area contributed by atoms with Crippen molar-refractivity contribution in [3.8, 4) is 21.8 Å².